The van der Waals surface area contributed by atoms with Crippen LogP contribution < -0.4 is 5.73 Å². The third-order valence-corrected chi connectivity index (χ3v) is 3.74. The molecule has 0 spiro atoms. The highest BCUT2D eigenvalue weighted by Crippen LogP contribution is 2.29. The van der Waals surface area contributed by atoms with Gasteiger partial charge in [0, 0.05) is 10.6 Å². The zero-order chi connectivity index (χ0) is 15.0. The maximum absolute atomic E-state index is 6.19. The van der Waals surface area contributed by atoms with Crippen molar-refractivity contribution in [3.05, 3.63) is 51.5 Å². The number of tetrazole rings is 1. The normalized spacial score (nSPS) is 10.8. The van der Waals surface area contributed by atoms with Gasteiger partial charge in [-0.15, -0.1) is 5.10 Å². The molecule has 0 aliphatic carbocycles. The van der Waals surface area contributed by atoms with Crippen molar-refractivity contribution >= 4 is 40.5 Å². The molecule has 5 nitrogen and oxygen atoms in total. The lowest BCUT2D eigenvalue weighted by molar-refractivity contribution is 0.791. The minimum absolute atomic E-state index is 0.443. The molecule has 2 aromatic carbocycles. The maximum Gasteiger partial charge on any atom is 0.187 e. The molecule has 0 amide bonds. The SMILES string of the molecule is Nc1cc(-c2nnnn2-c2ccc(Cl)cc2Cl)ccc1Cl. The first-order valence-corrected chi connectivity index (χ1v) is 6.99. The molecular formula is C13H8Cl3N5. The predicted molar refractivity (Wildman–Crippen MR) is 84.0 cm³/mol. The first-order valence-electron chi connectivity index (χ1n) is 5.85. The van der Waals surface area contributed by atoms with E-state index in [0.717, 1.165) is 5.56 Å². The molecule has 3 aromatic rings. The van der Waals surface area contributed by atoms with E-state index in [4.69, 9.17) is 40.5 Å². The maximum atomic E-state index is 6.19. The number of rotatable bonds is 2. The van der Waals surface area contributed by atoms with E-state index in [1.807, 2.05) is 0 Å². The van der Waals surface area contributed by atoms with Gasteiger partial charge in [-0.2, -0.15) is 4.68 Å². The summed E-state index contributed by atoms with van der Waals surface area (Å²) in [4.78, 5) is 0. The summed E-state index contributed by atoms with van der Waals surface area (Å²) in [5.74, 6) is 0.502. The van der Waals surface area contributed by atoms with Gasteiger partial charge in [0.15, 0.2) is 5.82 Å². The molecule has 1 aromatic heterocycles. The highest BCUT2D eigenvalue weighted by Gasteiger charge is 2.14. The molecule has 0 saturated heterocycles. The Morgan fingerprint density at radius 2 is 1.76 bits per heavy atom. The fourth-order valence-corrected chi connectivity index (χ4v) is 2.47. The van der Waals surface area contributed by atoms with Crippen molar-refractivity contribution in [3.8, 4) is 17.1 Å². The van der Waals surface area contributed by atoms with Crippen LogP contribution in [0.5, 0.6) is 0 Å². The van der Waals surface area contributed by atoms with E-state index in [9.17, 15) is 0 Å². The van der Waals surface area contributed by atoms with Crippen molar-refractivity contribution < 1.29 is 0 Å². The summed E-state index contributed by atoms with van der Waals surface area (Å²) in [5, 5.41) is 13.1. The zero-order valence-electron chi connectivity index (χ0n) is 10.5. The summed E-state index contributed by atoms with van der Waals surface area (Å²) in [7, 11) is 0. The van der Waals surface area contributed by atoms with E-state index in [2.05, 4.69) is 15.5 Å². The van der Waals surface area contributed by atoms with Crippen LogP contribution in [0.3, 0.4) is 0 Å². The quantitative estimate of drug-likeness (QED) is 0.719. The van der Waals surface area contributed by atoms with Gasteiger partial charge in [0.1, 0.15) is 0 Å². The molecule has 106 valence electrons. The van der Waals surface area contributed by atoms with Crippen molar-refractivity contribution in [1.82, 2.24) is 20.2 Å². The smallest absolute Gasteiger partial charge is 0.187 e. The number of halogens is 3. The van der Waals surface area contributed by atoms with Crippen LogP contribution in [0.1, 0.15) is 0 Å². The van der Waals surface area contributed by atoms with Crippen molar-refractivity contribution in [1.29, 1.82) is 0 Å². The van der Waals surface area contributed by atoms with Crippen molar-refractivity contribution in [2.24, 2.45) is 0 Å². The Morgan fingerprint density at radius 3 is 2.48 bits per heavy atom. The van der Waals surface area contributed by atoms with Gasteiger partial charge < -0.3 is 5.73 Å². The summed E-state index contributed by atoms with van der Waals surface area (Å²) in [6.45, 7) is 0. The minimum Gasteiger partial charge on any atom is -0.398 e. The predicted octanol–water partition coefficient (Wildman–Crippen LogP) is 3.87. The second kappa shape index (κ2) is 5.52. The molecule has 0 aliphatic heterocycles. The molecule has 8 heteroatoms. The van der Waals surface area contributed by atoms with Crippen molar-refractivity contribution in [2.75, 3.05) is 5.73 Å². The molecule has 21 heavy (non-hydrogen) atoms. The Balaban J connectivity index is 2.14. The third-order valence-electron chi connectivity index (χ3n) is 2.86. The van der Waals surface area contributed by atoms with Gasteiger partial charge in [0.25, 0.3) is 0 Å². The molecule has 1 heterocycles. The summed E-state index contributed by atoms with van der Waals surface area (Å²) >= 11 is 18.0. The van der Waals surface area contributed by atoms with Crippen LogP contribution in [0.25, 0.3) is 17.1 Å². The molecule has 0 bridgehead atoms. The fraction of sp³-hybridized carbons (Fsp3) is 0. The van der Waals surface area contributed by atoms with Crippen LogP contribution in [-0.4, -0.2) is 20.2 Å². The largest absolute Gasteiger partial charge is 0.398 e. The van der Waals surface area contributed by atoms with E-state index < -0.39 is 0 Å². The first kappa shape index (κ1) is 14.1. The van der Waals surface area contributed by atoms with Crippen LogP contribution in [0.4, 0.5) is 5.69 Å². The fourth-order valence-electron chi connectivity index (χ4n) is 1.87. The number of benzene rings is 2. The van der Waals surface area contributed by atoms with Gasteiger partial charge in [-0.1, -0.05) is 34.8 Å². The van der Waals surface area contributed by atoms with E-state index in [1.165, 1.54) is 4.68 Å². The minimum atomic E-state index is 0.443. The number of nitrogens with zero attached hydrogens (tertiary/aromatic N) is 4. The molecule has 0 aliphatic rings. The van der Waals surface area contributed by atoms with Crippen molar-refractivity contribution in [3.63, 3.8) is 0 Å². The third kappa shape index (κ3) is 2.68. The number of nitrogens with two attached hydrogens (primary N) is 1. The highest BCUT2D eigenvalue weighted by molar-refractivity contribution is 6.35. The molecule has 3 rings (SSSR count). The Morgan fingerprint density at radius 1 is 0.952 bits per heavy atom. The summed E-state index contributed by atoms with van der Waals surface area (Å²) in [5.41, 5.74) is 7.61. The molecule has 0 radical (unpaired) electrons. The van der Waals surface area contributed by atoms with Gasteiger partial charge in [0.2, 0.25) is 0 Å². The number of aromatic nitrogens is 4. The number of anilines is 1. The molecule has 0 saturated carbocycles. The standard InChI is InChI=1S/C13H8Cl3N5/c14-8-2-4-12(10(16)6-8)21-13(18-19-20-21)7-1-3-9(15)11(17)5-7/h1-6H,17H2. The van der Waals surface area contributed by atoms with Crippen LogP contribution in [0.15, 0.2) is 36.4 Å². The summed E-state index contributed by atoms with van der Waals surface area (Å²) in [6, 6.07) is 10.3. The first-order chi connectivity index (χ1) is 10.1. The highest BCUT2D eigenvalue weighted by atomic mass is 35.5. The topological polar surface area (TPSA) is 69.6 Å². The van der Waals surface area contributed by atoms with Crippen LogP contribution in [0, 0.1) is 0 Å². The van der Waals surface area contributed by atoms with Gasteiger partial charge >= 0.3 is 0 Å². The Kier molecular flexibility index (Phi) is 3.71. The van der Waals surface area contributed by atoms with Crippen LogP contribution in [-0.2, 0) is 0 Å². The molecule has 0 fully saturated rings. The summed E-state index contributed by atoms with van der Waals surface area (Å²) < 4.78 is 1.52. The Hall–Kier alpha value is -1.82. The lowest BCUT2D eigenvalue weighted by Gasteiger charge is -2.08. The van der Waals surface area contributed by atoms with Gasteiger partial charge in [-0.25, -0.2) is 0 Å². The van der Waals surface area contributed by atoms with Gasteiger partial charge in [-0.3, -0.25) is 0 Å². The number of nitrogen functional groups attached to an aromatic ring is 1. The van der Waals surface area contributed by atoms with Crippen molar-refractivity contribution in [2.45, 2.75) is 0 Å². The lowest BCUT2D eigenvalue weighted by Crippen LogP contribution is -2.01. The van der Waals surface area contributed by atoms with E-state index in [1.54, 1.807) is 36.4 Å². The molecule has 0 unspecified atom stereocenters. The molecule has 0 atom stereocenters. The monoisotopic (exact) mass is 339 g/mol. The average Bonchev–Trinajstić information content (AvgIpc) is 2.91. The average molecular weight is 341 g/mol. The number of hydrogen-bond donors (Lipinski definition) is 1. The zero-order valence-corrected chi connectivity index (χ0v) is 12.7. The van der Waals surface area contributed by atoms with E-state index in [-0.39, 0.29) is 0 Å². The van der Waals surface area contributed by atoms with Gasteiger partial charge in [-0.05, 0) is 46.8 Å². The Labute approximate surface area is 135 Å². The summed E-state index contributed by atoms with van der Waals surface area (Å²) in [6.07, 6.45) is 0. The van der Waals surface area contributed by atoms with Gasteiger partial charge in [0.05, 0.1) is 21.4 Å². The number of hydrogen-bond acceptors (Lipinski definition) is 4. The van der Waals surface area contributed by atoms with E-state index in [0.29, 0.717) is 32.3 Å². The Bertz CT molecular complexity index is 815. The second-order valence-electron chi connectivity index (χ2n) is 4.25. The molecule has 2 N–H and O–H groups in total. The second-order valence-corrected chi connectivity index (χ2v) is 5.50. The van der Waals surface area contributed by atoms with Crippen LogP contribution >= 0.6 is 34.8 Å². The molecular weight excluding hydrogens is 333 g/mol. The van der Waals surface area contributed by atoms with E-state index >= 15 is 0 Å². The van der Waals surface area contributed by atoms with Crippen LogP contribution in [0.2, 0.25) is 15.1 Å². The lowest BCUT2D eigenvalue weighted by atomic mass is 10.2.